The molecule has 2 heterocycles. The Morgan fingerprint density at radius 2 is 1.97 bits per heavy atom. The third kappa shape index (κ3) is 4.08. The summed E-state index contributed by atoms with van der Waals surface area (Å²) in [6.45, 7) is 0. The van der Waals surface area contributed by atoms with Crippen LogP contribution in [0.25, 0.3) is 21.3 Å². The Morgan fingerprint density at radius 1 is 1.22 bits per heavy atom. The fraction of sp³-hybridized carbons (Fsp3) is 0.227. The average molecular weight is 448 g/mol. The number of nitrogens with two attached hydrogens (primary N) is 1. The molecule has 0 aliphatic heterocycles. The lowest BCUT2D eigenvalue weighted by atomic mass is 10.0. The number of hydrogen-bond acceptors (Lipinski definition) is 8. The number of thiazole rings is 1. The zero-order chi connectivity index (χ0) is 22.3. The Hall–Kier alpha value is -3.68. The summed E-state index contributed by atoms with van der Waals surface area (Å²) in [6, 6.07) is 12.2. The van der Waals surface area contributed by atoms with Gasteiger partial charge in [0.1, 0.15) is 17.2 Å². The number of hydrogen-bond donors (Lipinski definition) is 2. The molecule has 1 aliphatic carbocycles. The van der Waals surface area contributed by atoms with Crippen molar-refractivity contribution in [3.8, 4) is 17.2 Å². The van der Waals surface area contributed by atoms with Crippen molar-refractivity contribution in [2.24, 2.45) is 5.73 Å². The average Bonchev–Trinajstić information content (AvgIpc) is 3.15. The van der Waals surface area contributed by atoms with Gasteiger partial charge in [-0.15, -0.1) is 21.5 Å². The summed E-state index contributed by atoms with van der Waals surface area (Å²) in [7, 11) is 0. The molecule has 4 aromatic rings. The summed E-state index contributed by atoms with van der Waals surface area (Å²) in [6.07, 6.45) is 1.71. The van der Waals surface area contributed by atoms with Gasteiger partial charge in [-0.1, -0.05) is 12.1 Å². The minimum absolute atomic E-state index is 0.0472. The summed E-state index contributed by atoms with van der Waals surface area (Å²) in [5, 5.41) is 20.2. The van der Waals surface area contributed by atoms with E-state index in [0.717, 1.165) is 12.8 Å². The number of nitrogens with one attached hydrogen (secondary N) is 1. The summed E-state index contributed by atoms with van der Waals surface area (Å²) in [5.41, 5.74) is 7.45. The second-order valence-corrected chi connectivity index (χ2v) is 8.80. The molecular weight excluding hydrogens is 431 g/mol. The van der Waals surface area contributed by atoms with E-state index in [1.165, 1.54) is 11.3 Å². The molecule has 10 heteroatoms. The van der Waals surface area contributed by atoms with Gasteiger partial charge < -0.3 is 15.5 Å². The van der Waals surface area contributed by atoms with E-state index in [2.05, 4.69) is 26.6 Å². The summed E-state index contributed by atoms with van der Waals surface area (Å²) in [5.74, 6) is -0.141. The molecule has 1 aliphatic rings. The molecule has 5 rings (SSSR count). The highest BCUT2D eigenvalue weighted by Crippen LogP contribution is 2.33. The van der Waals surface area contributed by atoms with E-state index in [1.54, 1.807) is 36.4 Å². The first-order valence-electron chi connectivity index (χ1n) is 9.92. The van der Waals surface area contributed by atoms with Crippen LogP contribution in [-0.2, 0) is 17.6 Å². The molecule has 8 nitrogen and oxygen atoms in total. The van der Waals surface area contributed by atoms with E-state index in [9.17, 15) is 4.79 Å². The van der Waals surface area contributed by atoms with Crippen molar-refractivity contribution >= 4 is 27.5 Å². The van der Waals surface area contributed by atoms with Gasteiger partial charge in [0, 0.05) is 5.56 Å². The molecule has 1 fully saturated rings. The summed E-state index contributed by atoms with van der Waals surface area (Å²) >= 11 is 1.21. The number of amides is 1. The normalized spacial score (nSPS) is 14.3. The second-order valence-electron chi connectivity index (χ2n) is 7.72. The highest BCUT2D eigenvalue weighted by atomic mass is 32.1. The van der Waals surface area contributed by atoms with Gasteiger partial charge in [0.15, 0.2) is 0 Å². The lowest BCUT2D eigenvalue weighted by Gasteiger charge is -2.09. The van der Waals surface area contributed by atoms with E-state index in [4.69, 9.17) is 15.4 Å². The Balaban J connectivity index is 1.33. The molecule has 1 saturated carbocycles. The lowest BCUT2D eigenvalue weighted by Crippen LogP contribution is -2.44. The standard InChI is InChI=1S/C22H17FN6O2S/c23-20-14(13-3-1-12(11-24)2-4-13)5-6-15-21(20)32-19(26-15)10-18-29-28-17(31-18)9-16(30)27-22(25)7-8-22/h1-6H,7-10,25H2,(H,27,30). The molecular formula is C22H17FN6O2S. The molecule has 160 valence electrons. The van der Waals surface area contributed by atoms with Gasteiger partial charge in [0.25, 0.3) is 0 Å². The maximum absolute atomic E-state index is 15.2. The van der Waals surface area contributed by atoms with Crippen molar-refractivity contribution in [3.63, 3.8) is 0 Å². The van der Waals surface area contributed by atoms with Gasteiger partial charge in [0.05, 0.1) is 33.9 Å². The molecule has 0 bridgehead atoms. The molecule has 0 radical (unpaired) electrons. The highest BCUT2D eigenvalue weighted by molar-refractivity contribution is 7.18. The lowest BCUT2D eigenvalue weighted by molar-refractivity contribution is -0.121. The number of carbonyl (C=O) groups excluding carboxylic acids is 1. The quantitative estimate of drug-likeness (QED) is 0.433. The predicted octanol–water partition coefficient (Wildman–Crippen LogP) is 3.06. The number of nitriles is 1. The first-order valence-corrected chi connectivity index (χ1v) is 10.7. The van der Waals surface area contributed by atoms with Crippen LogP contribution in [0.2, 0.25) is 0 Å². The third-order valence-electron chi connectivity index (χ3n) is 5.17. The molecule has 3 N–H and O–H groups in total. The Bertz CT molecular complexity index is 1370. The largest absolute Gasteiger partial charge is 0.424 e. The maximum atomic E-state index is 15.2. The van der Waals surface area contributed by atoms with E-state index < -0.39 is 5.66 Å². The number of nitrogens with zero attached hydrogens (tertiary/aromatic N) is 4. The Labute approximate surface area is 185 Å². The Kier molecular flexibility index (Phi) is 4.92. The van der Waals surface area contributed by atoms with Crippen LogP contribution in [0.3, 0.4) is 0 Å². The van der Waals surface area contributed by atoms with E-state index in [-0.39, 0.29) is 30.5 Å². The molecule has 32 heavy (non-hydrogen) atoms. The van der Waals surface area contributed by atoms with Crippen LogP contribution in [0.1, 0.15) is 35.2 Å². The van der Waals surface area contributed by atoms with Gasteiger partial charge in [-0.25, -0.2) is 9.37 Å². The van der Waals surface area contributed by atoms with Crippen molar-refractivity contribution in [2.75, 3.05) is 0 Å². The highest BCUT2D eigenvalue weighted by Gasteiger charge is 2.39. The number of aromatic nitrogens is 3. The van der Waals surface area contributed by atoms with Crippen molar-refractivity contribution < 1.29 is 13.6 Å². The number of halogens is 1. The van der Waals surface area contributed by atoms with E-state index in [0.29, 0.717) is 37.8 Å². The van der Waals surface area contributed by atoms with Crippen molar-refractivity contribution in [1.29, 1.82) is 5.26 Å². The molecule has 0 spiro atoms. The van der Waals surface area contributed by atoms with Crippen LogP contribution in [0.4, 0.5) is 4.39 Å². The zero-order valence-corrected chi connectivity index (χ0v) is 17.6. The zero-order valence-electron chi connectivity index (χ0n) is 16.8. The number of fused-ring (bicyclic) bond motifs is 1. The molecule has 2 aromatic heterocycles. The molecule has 2 aromatic carbocycles. The van der Waals surface area contributed by atoms with Crippen molar-refractivity contribution in [1.82, 2.24) is 20.5 Å². The SMILES string of the molecule is N#Cc1ccc(-c2ccc3nc(Cc4nnc(CC(=O)NC5(N)CC5)o4)sc3c2F)cc1. The van der Waals surface area contributed by atoms with Crippen molar-refractivity contribution in [2.45, 2.75) is 31.3 Å². The van der Waals surface area contributed by atoms with Crippen molar-refractivity contribution in [3.05, 3.63) is 64.6 Å². The molecule has 0 saturated heterocycles. The maximum Gasteiger partial charge on any atom is 0.230 e. The second kappa shape index (κ2) is 7.78. The fourth-order valence-electron chi connectivity index (χ4n) is 3.31. The molecule has 1 amide bonds. The minimum atomic E-state index is -0.596. The number of rotatable bonds is 6. The minimum Gasteiger partial charge on any atom is -0.424 e. The van der Waals surface area contributed by atoms with Gasteiger partial charge in [-0.3, -0.25) is 4.79 Å². The van der Waals surface area contributed by atoms with Crippen LogP contribution in [0.5, 0.6) is 0 Å². The number of benzene rings is 2. The summed E-state index contributed by atoms with van der Waals surface area (Å²) < 4.78 is 21.2. The predicted molar refractivity (Wildman–Crippen MR) is 115 cm³/mol. The smallest absolute Gasteiger partial charge is 0.230 e. The van der Waals surface area contributed by atoms with E-state index in [1.807, 2.05) is 0 Å². The fourth-order valence-corrected chi connectivity index (χ4v) is 4.30. The van der Waals surface area contributed by atoms with Crippen LogP contribution in [-0.4, -0.2) is 26.8 Å². The number of carbonyl (C=O) groups is 1. The first-order chi connectivity index (χ1) is 15.4. The van der Waals surface area contributed by atoms with Crippen LogP contribution in [0.15, 0.2) is 40.8 Å². The van der Waals surface area contributed by atoms with Crippen LogP contribution in [0, 0.1) is 17.1 Å². The Morgan fingerprint density at radius 3 is 2.69 bits per heavy atom. The monoisotopic (exact) mass is 448 g/mol. The van der Waals surface area contributed by atoms with E-state index >= 15 is 4.39 Å². The molecule has 0 atom stereocenters. The summed E-state index contributed by atoms with van der Waals surface area (Å²) in [4.78, 5) is 16.5. The van der Waals surface area contributed by atoms with Gasteiger partial charge in [-0.2, -0.15) is 5.26 Å². The first kappa shape index (κ1) is 20.2. The van der Waals surface area contributed by atoms with Gasteiger partial charge in [0.2, 0.25) is 17.7 Å². The van der Waals surface area contributed by atoms with Crippen LogP contribution >= 0.6 is 11.3 Å². The third-order valence-corrected chi connectivity index (χ3v) is 6.23. The molecule has 0 unspecified atom stereocenters. The van der Waals surface area contributed by atoms with Crippen LogP contribution < -0.4 is 11.1 Å². The van der Waals surface area contributed by atoms with Gasteiger partial charge >= 0.3 is 0 Å². The van der Waals surface area contributed by atoms with Gasteiger partial charge in [-0.05, 0) is 42.7 Å². The topological polar surface area (TPSA) is 131 Å².